The molecule has 9 heteroatoms. The molecule has 8 nitrogen and oxygen atoms in total. The summed E-state index contributed by atoms with van der Waals surface area (Å²) in [7, 11) is 1.42. The van der Waals surface area contributed by atoms with Crippen LogP contribution in [0.2, 0.25) is 0 Å². The zero-order valence-electron chi connectivity index (χ0n) is 15.6. The van der Waals surface area contributed by atoms with Crippen molar-refractivity contribution >= 4 is 38.8 Å². The van der Waals surface area contributed by atoms with Crippen molar-refractivity contribution in [2.24, 2.45) is 0 Å². The molecule has 2 aromatic heterocycles. The first-order chi connectivity index (χ1) is 14.0. The third-order valence-corrected chi connectivity index (χ3v) is 5.53. The third-order valence-electron chi connectivity index (χ3n) is 4.42. The molecule has 2 heterocycles. The predicted molar refractivity (Wildman–Crippen MR) is 111 cm³/mol. The van der Waals surface area contributed by atoms with Crippen LogP contribution in [0, 0.1) is 17.0 Å². The van der Waals surface area contributed by atoms with Crippen LogP contribution in [0.1, 0.15) is 15.4 Å². The number of hydrogen-bond donors (Lipinski definition) is 1. The lowest BCUT2D eigenvalue weighted by atomic mass is 10.2. The number of carbonyl (C=O) groups excluding carboxylic acids is 1. The summed E-state index contributed by atoms with van der Waals surface area (Å²) >= 11 is 1.28. The molecule has 0 aliphatic heterocycles. The zero-order valence-corrected chi connectivity index (χ0v) is 16.4. The van der Waals surface area contributed by atoms with Crippen LogP contribution in [-0.2, 0) is 0 Å². The van der Waals surface area contributed by atoms with Crippen LogP contribution in [0.3, 0.4) is 0 Å². The number of amides is 1. The molecule has 4 rings (SSSR count). The molecule has 0 saturated heterocycles. The van der Waals surface area contributed by atoms with Gasteiger partial charge in [0.2, 0.25) is 0 Å². The van der Waals surface area contributed by atoms with E-state index in [-0.39, 0.29) is 11.4 Å². The van der Waals surface area contributed by atoms with Gasteiger partial charge < -0.3 is 10.1 Å². The maximum absolute atomic E-state index is 12.8. The van der Waals surface area contributed by atoms with Crippen molar-refractivity contribution < 1.29 is 14.5 Å². The highest BCUT2D eigenvalue weighted by Crippen LogP contribution is 2.33. The van der Waals surface area contributed by atoms with Crippen LogP contribution in [-0.4, -0.2) is 27.7 Å². The molecule has 0 aliphatic carbocycles. The molecule has 0 fully saturated rings. The van der Waals surface area contributed by atoms with Gasteiger partial charge in [-0.3, -0.25) is 14.9 Å². The SMILES string of the molecule is COc1ccc(NC(=O)c2cc3c(C)nn(-c4ccccc4)c3s2)c([N+](=O)[O-])c1. The van der Waals surface area contributed by atoms with Crippen molar-refractivity contribution in [2.45, 2.75) is 6.92 Å². The number of methoxy groups -OCH3 is 1. The van der Waals surface area contributed by atoms with Crippen LogP contribution in [0.25, 0.3) is 15.9 Å². The number of ether oxygens (including phenoxy) is 1. The number of thiophene rings is 1. The van der Waals surface area contributed by atoms with Crippen molar-refractivity contribution in [3.8, 4) is 11.4 Å². The molecule has 2 aromatic carbocycles. The van der Waals surface area contributed by atoms with E-state index in [2.05, 4.69) is 10.4 Å². The number of nitrogens with one attached hydrogen (secondary N) is 1. The summed E-state index contributed by atoms with van der Waals surface area (Å²) in [5.41, 5.74) is 1.57. The molecule has 1 N–H and O–H groups in total. The Kier molecular flexibility index (Phi) is 4.73. The van der Waals surface area contributed by atoms with E-state index < -0.39 is 10.8 Å². The predicted octanol–water partition coefficient (Wildman–Crippen LogP) is 4.56. The third kappa shape index (κ3) is 3.43. The van der Waals surface area contributed by atoms with Gasteiger partial charge in [0, 0.05) is 5.39 Å². The van der Waals surface area contributed by atoms with E-state index in [1.165, 1.54) is 30.6 Å². The number of benzene rings is 2. The van der Waals surface area contributed by atoms with E-state index in [0.29, 0.717) is 10.6 Å². The molecule has 0 atom stereocenters. The summed E-state index contributed by atoms with van der Waals surface area (Å²) in [5.74, 6) is -0.0754. The number of aromatic nitrogens is 2. The van der Waals surface area contributed by atoms with E-state index in [1.807, 2.05) is 37.3 Å². The number of anilines is 1. The minimum atomic E-state index is -0.555. The molecular formula is C20H16N4O4S. The number of para-hydroxylation sites is 1. The van der Waals surface area contributed by atoms with Crippen LogP contribution in [0.4, 0.5) is 11.4 Å². The van der Waals surface area contributed by atoms with Gasteiger partial charge in [-0.05, 0) is 37.3 Å². The normalized spacial score (nSPS) is 10.8. The second-order valence-electron chi connectivity index (χ2n) is 6.26. The first-order valence-electron chi connectivity index (χ1n) is 8.66. The lowest BCUT2D eigenvalue weighted by Crippen LogP contribution is -2.11. The molecule has 0 spiro atoms. The van der Waals surface area contributed by atoms with Crippen molar-refractivity contribution in [2.75, 3.05) is 12.4 Å². The largest absolute Gasteiger partial charge is 0.496 e. The Morgan fingerprint density at radius 2 is 1.97 bits per heavy atom. The standard InChI is InChI=1S/C20H16N4O4S/c1-12-15-11-18(29-20(15)23(22-12)13-6-4-3-5-7-13)19(25)21-16-9-8-14(28-2)10-17(16)24(26)27/h3-11H,1-2H3,(H,21,25). The van der Waals surface area contributed by atoms with Gasteiger partial charge in [-0.15, -0.1) is 11.3 Å². The molecule has 0 radical (unpaired) electrons. The number of nitrogens with zero attached hydrogens (tertiary/aromatic N) is 3. The van der Waals surface area contributed by atoms with Gasteiger partial charge in [0.05, 0.1) is 34.4 Å². The number of hydrogen-bond acceptors (Lipinski definition) is 6. The summed E-state index contributed by atoms with van der Waals surface area (Å²) in [5, 5.41) is 19.4. The average Bonchev–Trinajstić information content (AvgIpc) is 3.29. The Morgan fingerprint density at radius 3 is 2.66 bits per heavy atom. The molecule has 146 valence electrons. The fourth-order valence-corrected chi connectivity index (χ4v) is 4.06. The quantitative estimate of drug-likeness (QED) is 0.385. The number of nitro groups is 1. The summed E-state index contributed by atoms with van der Waals surface area (Å²) in [6, 6.07) is 15.7. The minimum Gasteiger partial charge on any atom is -0.496 e. The minimum absolute atomic E-state index is 0.111. The molecular weight excluding hydrogens is 392 g/mol. The van der Waals surface area contributed by atoms with Gasteiger partial charge in [0.25, 0.3) is 11.6 Å². The molecule has 0 saturated carbocycles. The topological polar surface area (TPSA) is 99.3 Å². The van der Waals surface area contributed by atoms with Crippen LogP contribution in [0.15, 0.2) is 54.6 Å². The van der Waals surface area contributed by atoms with Gasteiger partial charge in [-0.25, -0.2) is 4.68 Å². The molecule has 1 amide bonds. The Morgan fingerprint density at radius 1 is 1.21 bits per heavy atom. The Labute approximate surface area is 169 Å². The molecule has 29 heavy (non-hydrogen) atoms. The summed E-state index contributed by atoms with van der Waals surface area (Å²) in [6.07, 6.45) is 0. The van der Waals surface area contributed by atoms with E-state index in [1.54, 1.807) is 16.8 Å². The van der Waals surface area contributed by atoms with Gasteiger partial charge in [0.15, 0.2) is 0 Å². The monoisotopic (exact) mass is 408 g/mol. The molecule has 0 bridgehead atoms. The van der Waals surface area contributed by atoms with Crippen molar-refractivity contribution in [3.63, 3.8) is 0 Å². The Bertz CT molecular complexity index is 1230. The summed E-state index contributed by atoms with van der Waals surface area (Å²) in [4.78, 5) is 24.9. The van der Waals surface area contributed by atoms with Crippen LogP contribution < -0.4 is 10.1 Å². The van der Waals surface area contributed by atoms with Crippen LogP contribution >= 0.6 is 11.3 Å². The van der Waals surface area contributed by atoms with Gasteiger partial charge >= 0.3 is 0 Å². The number of aryl methyl sites for hydroxylation is 1. The van der Waals surface area contributed by atoms with E-state index in [4.69, 9.17) is 4.74 Å². The zero-order chi connectivity index (χ0) is 20.5. The fraction of sp³-hybridized carbons (Fsp3) is 0.100. The van der Waals surface area contributed by atoms with Crippen LogP contribution in [0.5, 0.6) is 5.75 Å². The lowest BCUT2D eigenvalue weighted by molar-refractivity contribution is -0.384. The van der Waals surface area contributed by atoms with Crippen molar-refractivity contribution in [3.05, 3.63) is 75.3 Å². The number of nitro benzene ring substituents is 1. The number of fused-ring (bicyclic) bond motifs is 1. The van der Waals surface area contributed by atoms with E-state index in [9.17, 15) is 14.9 Å². The highest BCUT2D eigenvalue weighted by Gasteiger charge is 2.21. The molecule has 0 unspecified atom stereocenters. The first-order valence-corrected chi connectivity index (χ1v) is 9.48. The second kappa shape index (κ2) is 7.36. The smallest absolute Gasteiger partial charge is 0.296 e. The second-order valence-corrected chi connectivity index (χ2v) is 7.29. The van der Waals surface area contributed by atoms with Crippen molar-refractivity contribution in [1.29, 1.82) is 0 Å². The Balaban J connectivity index is 1.69. The van der Waals surface area contributed by atoms with Gasteiger partial charge in [-0.2, -0.15) is 5.10 Å². The highest BCUT2D eigenvalue weighted by atomic mass is 32.1. The highest BCUT2D eigenvalue weighted by molar-refractivity contribution is 7.20. The van der Waals surface area contributed by atoms with Crippen molar-refractivity contribution in [1.82, 2.24) is 9.78 Å². The average molecular weight is 408 g/mol. The summed E-state index contributed by atoms with van der Waals surface area (Å²) < 4.78 is 6.82. The van der Waals surface area contributed by atoms with Gasteiger partial charge in [-0.1, -0.05) is 18.2 Å². The first kappa shape index (κ1) is 18.6. The Hall–Kier alpha value is -3.72. The van der Waals surface area contributed by atoms with E-state index in [0.717, 1.165) is 21.6 Å². The maximum Gasteiger partial charge on any atom is 0.296 e. The number of rotatable bonds is 5. The summed E-state index contributed by atoms with van der Waals surface area (Å²) in [6.45, 7) is 1.88. The number of carbonyl (C=O) groups is 1. The molecule has 0 aliphatic rings. The molecule has 4 aromatic rings. The van der Waals surface area contributed by atoms with E-state index >= 15 is 0 Å². The van der Waals surface area contributed by atoms with Gasteiger partial charge in [0.1, 0.15) is 16.3 Å². The lowest BCUT2D eigenvalue weighted by Gasteiger charge is -2.06. The maximum atomic E-state index is 12.8. The fourth-order valence-electron chi connectivity index (χ4n) is 2.98.